The van der Waals surface area contributed by atoms with Crippen LogP contribution in [0, 0.1) is 0 Å². The van der Waals surface area contributed by atoms with Gasteiger partial charge in [-0.1, -0.05) is 18.2 Å². The summed E-state index contributed by atoms with van der Waals surface area (Å²) in [5.41, 5.74) is 0. The van der Waals surface area contributed by atoms with E-state index in [9.17, 15) is 9.90 Å². The zero-order chi connectivity index (χ0) is 12.7. The van der Waals surface area contributed by atoms with Crippen LogP contribution in [0.1, 0.15) is 13.8 Å². The number of hydrogen-bond acceptors (Lipinski definition) is 3. The molecule has 1 aromatic rings. The Morgan fingerprint density at radius 3 is 2.59 bits per heavy atom. The molecule has 17 heavy (non-hydrogen) atoms. The van der Waals surface area contributed by atoms with Crippen molar-refractivity contribution in [3.8, 4) is 5.75 Å². The maximum Gasteiger partial charge on any atom is 0.219 e. The number of aliphatic hydroxyl groups is 1. The van der Waals surface area contributed by atoms with Crippen LogP contribution in [0.3, 0.4) is 0 Å². The average Bonchev–Trinajstić information content (AvgIpc) is 2.28. The minimum atomic E-state index is -0.518. The van der Waals surface area contributed by atoms with Gasteiger partial charge in [-0.05, 0) is 19.1 Å². The lowest BCUT2D eigenvalue weighted by molar-refractivity contribution is -0.130. The second-order valence-corrected chi connectivity index (χ2v) is 3.98. The fourth-order valence-corrected chi connectivity index (χ4v) is 1.49. The van der Waals surface area contributed by atoms with E-state index < -0.39 is 6.10 Å². The van der Waals surface area contributed by atoms with E-state index in [4.69, 9.17) is 4.74 Å². The topological polar surface area (TPSA) is 49.8 Å². The van der Waals surface area contributed by atoms with Crippen LogP contribution in [0.4, 0.5) is 0 Å². The molecular formula is C13H19NO3. The summed E-state index contributed by atoms with van der Waals surface area (Å²) in [5.74, 6) is 0.732. The Kier molecular flexibility index (Phi) is 5.49. The Morgan fingerprint density at radius 2 is 2.06 bits per heavy atom. The number of amides is 1. The number of rotatable bonds is 6. The highest BCUT2D eigenvalue weighted by Crippen LogP contribution is 2.08. The van der Waals surface area contributed by atoms with Crippen molar-refractivity contribution >= 4 is 5.91 Å². The third-order valence-corrected chi connectivity index (χ3v) is 2.30. The smallest absolute Gasteiger partial charge is 0.219 e. The number of carbonyl (C=O) groups is 1. The van der Waals surface area contributed by atoms with E-state index in [-0.39, 0.29) is 5.91 Å². The van der Waals surface area contributed by atoms with E-state index in [2.05, 4.69) is 0 Å². The van der Waals surface area contributed by atoms with Crippen LogP contribution in [0.5, 0.6) is 5.75 Å². The van der Waals surface area contributed by atoms with E-state index in [1.165, 1.54) is 6.92 Å². The fraction of sp³-hybridized carbons (Fsp3) is 0.462. The normalized spacial score (nSPS) is 11.9. The molecule has 1 amide bonds. The molecule has 0 saturated carbocycles. The maximum atomic E-state index is 11.3. The molecule has 0 aliphatic heterocycles. The molecule has 0 bridgehead atoms. The molecule has 1 aromatic carbocycles. The minimum Gasteiger partial charge on any atom is -0.492 e. The van der Waals surface area contributed by atoms with Gasteiger partial charge in [-0.2, -0.15) is 0 Å². The van der Waals surface area contributed by atoms with Gasteiger partial charge in [0, 0.05) is 13.5 Å². The molecule has 0 heterocycles. The lowest BCUT2D eigenvalue weighted by atomic mass is 10.3. The van der Waals surface area contributed by atoms with Gasteiger partial charge in [-0.25, -0.2) is 0 Å². The van der Waals surface area contributed by atoms with E-state index in [1.54, 1.807) is 11.8 Å². The highest BCUT2D eigenvalue weighted by Gasteiger charge is 2.10. The van der Waals surface area contributed by atoms with Gasteiger partial charge in [-0.3, -0.25) is 4.79 Å². The van der Waals surface area contributed by atoms with Crippen molar-refractivity contribution < 1.29 is 14.6 Å². The first-order valence-electron chi connectivity index (χ1n) is 5.71. The van der Waals surface area contributed by atoms with E-state index >= 15 is 0 Å². The summed E-state index contributed by atoms with van der Waals surface area (Å²) >= 11 is 0. The minimum absolute atomic E-state index is 0.0532. The van der Waals surface area contributed by atoms with Gasteiger partial charge in [0.05, 0.1) is 12.6 Å². The van der Waals surface area contributed by atoms with Gasteiger partial charge in [0.1, 0.15) is 12.4 Å². The van der Waals surface area contributed by atoms with Crippen LogP contribution in [0.2, 0.25) is 0 Å². The molecule has 1 atom stereocenters. The number of para-hydroxylation sites is 1. The van der Waals surface area contributed by atoms with Crippen LogP contribution in [-0.2, 0) is 4.79 Å². The molecule has 0 spiro atoms. The molecule has 0 unspecified atom stereocenters. The van der Waals surface area contributed by atoms with Crippen molar-refractivity contribution in [1.82, 2.24) is 4.90 Å². The van der Waals surface area contributed by atoms with Gasteiger partial charge in [0.25, 0.3) is 0 Å². The average molecular weight is 237 g/mol. The molecule has 0 radical (unpaired) electrons. The Hall–Kier alpha value is -1.55. The largest absolute Gasteiger partial charge is 0.492 e. The molecule has 0 aromatic heterocycles. The molecular weight excluding hydrogens is 218 g/mol. The molecule has 1 rings (SSSR count). The van der Waals surface area contributed by atoms with Gasteiger partial charge in [-0.15, -0.1) is 0 Å². The fourth-order valence-electron chi connectivity index (χ4n) is 1.49. The van der Waals surface area contributed by atoms with Crippen LogP contribution in [-0.4, -0.2) is 41.7 Å². The monoisotopic (exact) mass is 237 g/mol. The third-order valence-electron chi connectivity index (χ3n) is 2.30. The summed E-state index contributed by atoms with van der Waals surface area (Å²) < 4.78 is 5.49. The van der Waals surface area contributed by atoms with E-state index in [0.29, 0.717) is 19.7 Å². The number of ether oxygens (including phenoxy) is 1. The molecule has 0 saturated heterocycles. The number of hydrogen-bond donors (Lipinski definition) is 1. The summed E-state index contributed by atoms with van der Waals surface area (Å²) in [6.45, 7) is 4.40. The molecule has 4 nitrogen and oxygen atoms in total. The highest BCUT2D eigenvalue weighted by molar-refractivity contribution is 5.73. The van der Waals surface area contributed by atoms with Gasteiger partial charge >= 0.3 is 0 Å². The predicted octanol–water partition coefficient (Wildman–Crippen LogP) is 1.29. The van der Waals surface area contributed by atoms with Crippen molar-refractivity contribution in [2.24, 2.45) is 0 Å². The van der Waals surface area contributed by atoms with Crippen LogP contribution in [0.25, 0.3) is 0 Å². The first-order valence-corrected chi connectivity index (χ1v) is 5.71. The molecule has 94 valence electrons. The summed E-state index contributed by atoms with van der Waals surface area (Å²) in [6.07, 6.45) is -0.518. The Balaban J connectivity index is 2.35. The molecule has 4 heteroatoms. The lowest BCUT2D eigenvalue weighted by Crippen LogP contribution is -2.37. The second kappa shape index (κ2) is 6.91. The number of nitrogens with zero attached hydrogens (tertiary/aromatic N) is 1. The van der Waals surface area contributed by atoms with Crippen LogP contribution in [0.15, 0.2) is 30.3 Å². The summed E-state index contributed by atoms with van der Waals surface area (Å²) in [4.78, 5) is 12.9. The zero-order valence-corrected chi connectivity index (χ0v) is 10.3. The van der Waals surface area contributed by atoms with Crippen molar-refractivity contribution in [2.75, 3.05) is 19.7 Å². The van der Waals surface area contributed by atoms with Gasteiger partial charge < -0.3 is 14.7 Å². The Bertz CT molecular complexity index is 338. The van der Waals surface area contributed by atoms with Gasteiger partial charge in [0.15, 0.2) is 0 Å². The lowest BCUT2D eigenvalue weighted by Gasteiger charge is -2.22. The Morgan fingerprint density at radius 1 is 1.41 bits per heavy atom. The quantitative estimate of drug-likeness (QED) is 0.811. The molecule has 0 aliphatic carbocycles. The van der Waals surface area contributed by atoms with Crippen LogP contribution < -0.4 is 4.74 Å². The van der Waals surface area contributed by atoms with Crippen molar-refractivity contribution in [3.05, 3.63) is 30.3 Å². The summed E-state index contributed by atoms with van der Waals surface area (Å²) in [7, 11) is 0. The van der Waals surface area contributed by atoms with Crippen molar-refractivity contribution in [3.63, 3.8) is 0 Å². The molecule has 0 fully saturated rings. The standard InChI is InChI=1S/C13H19NO3/c1-11(15)10-14(12(2)16)8-9-17-13-6-4-3-5-7-13/h3-7,11,15H,8-10H2,1-2H3/t11-/m0/s1. The first kappa shape index (κ1) is 13.5. The SMILES string of the molecule is CC(=O)N(CCOc1ccccc1)C[C@H](C)O. The Labute approximate surface area is 102 Å². The van der Waals surface area contributed by atoms with Gasteiger partial charge in [0.2, 0.25) is 5.91 Å². The molecule has 0 aliphatic rings. The summed E-state index contributed by atoms with van der Waals surface area (Å²) in [6, 6.07) is 9.45. The zero-order valence-electron chi connectivity index (χ0n) is 10.3. The van der Waals surface area contributed by atoms with E-state index in [0.717, 1.165) is 5.75 Å². The highest BCUT2D eigenvalue weighted by atomic mass is 16.5. The van der Waals surface area contributed by atoms with Crippen molar-refractivity contribution in [1.29, 1.82) is 0 Å². The molecule has 1 N–H and O–H groups in total. The number of carbonyl (C=O) groups excluding carboxylic acids is 1. The van der Waals surface area contributed by atoms with E-state index in [1.807, 2.05) is 30.3 Å². The number of aliphatic hydroxyl groups excluding tert-OH is 1. The van der Waals surface area contributed by atoms with Crippen molar-refractivity contribution in [2.45, 2.75) is 20.0 Å². The third kappa shape index (κ3) is 5.36. The van der Waals surface area contributed by atoms with Crippen LogP contribution >= 0.6 is 0 Å². The number of benzene rings is 1. The predicted molar refractivity (Wildman–Crippen MR) is 65.9 cm³/mol. The maximum absolute atomic E-state index is 11.3. The second-order valence-electron chi connectivity index (χ2n) is 3.98. The summed E-state index contributed by atoms with van der Waals surface area (Å²) in [5, 5.41) is 9.25. The first-order chi connectivity index (χ1) is 8.09.